The van der Waals surface area contributed by atoms with Crippen LogP contribution in [-0.4, -0.2) is 6.29 Å². The Balaban J connectivity index is 2.83. The highest BCUT2D eigenvalue weighted by Crippen LogP contribution is 1.77. The Morgan fingerprint density at radius 1 is 2.00 bits per heavy atom. The van der Waals surface area contributed by atoms with Crippen molar-refractivity contribution in [2.45, 2.75) is 6.92 Å². The number of carbonyl (C=O) groups is 1. The quantitative estimate of drug-likeness (QED) is 0.415. The lowest BCUT2D eigenvalue weighted by Crippen LogP contribution is -1.83. The molecule has 0 aromatic heterocycles. The smallest absolute Gasteiger partial charge is 0.122 e. The molecule has 0 spiro atoms. The number of aldehydes is 1. The molecule has 0 heterocycles. The van der Waals surface area contributed by atoms with Crippen molar-refractivity contribution in [2.24, 2.45) is 5.92 Å². The predicted octanol–water partition coefficient (Wildman–Crippen LogP) is 0.655. The van der Waals surface area contributed by atoms with Crippen molar-refractivity contribution in [1.29, 1.82) is 0 Å². The second-order valence-corrected chi connectivity index (χ2v) is 1.11. The molecule has 0 rings (SSSR count). The van der Waals surface area contributed by atoms with E-state index in [4.69, 9.17) is 0 Å². The molecule has 0 aliphatic rings. The fourth-order valence-corrected chi connectivity index (χ4v) is 0. The van der Waals surface area contributed by atoms with Gasteiger partial charge >= 0.3 is 0 Å². The van der Waals surface area contributed by atoms with Gasteiger partial charge in [-0.1, -0.05) is 6.92 Å². The molecule has 1 heteroatoms. The third-order valence-corrected chi connectivity index (χ3v) is 0.232. The van der Waals surface area contributed by atoms with Gasteiger partial charge in [-0.2, -0.15) is 0 Å². The molecule has 0 unspecified atom stereocenters. The maximum absolute atomic E-state index is 9.44. The fraction of sp³-hybridized carbons (Fsp3) is 0.500. The molecule has 1 nitrogen and oxygen atoms in total. The monoisotopic (exact) mass is 71.0 g/mol. The first-order valence-electron chi connectivity index (χ1n) is 1.55. The van der Waals surface area contributed by atoms with Crippen LogP contribution in [0.1, 0.15) is 6.92 Å². The minimum atomic E-state index is -0.0463. The Bertz CT molecular complexity index is 30.6. The molecule has 1 atom stereocenters. The second-order valence-electron chi connectivity index (χ2n) is 1.11. The van der Waals surface area contributed by atoms with Crippen molar-refractivity contribution in [1.82, 2.24) is 0 Å². The highest BCUT2D eigenvalue weighted by molar-refractivity contribution is 5.53. The van der Waals surface area contributed by atoms with Gasteiger partial charge in [-0.05, 0) is 6.92 Å². The van der Waals surface area contributed by atoms with Crippen molar-refractivity contribution < 1.29 is 4.79 Å². The van der Waals surface area contributed by atoms with Gasteiger partial charge in [0.05, 0.1) is 0 Å². The summed E-state index contributed by atoms with van der Waals surface area (Å²) in [6, 6.07) is 0. The largest absolute Gasteiger partial charge is 0.303 e. The Hall–Kier alpha value is -0.330. The Labute approximate surface area is 32.0 Å². The summed E-state index contributed by atoms with van der Waals surface area (Å²) < 4.78 is 0. The van der Waals surface area contributed by atoms with Gasteiger partial charge < -0.3 is 4.79 Å². The van der Waals surface area contributed by atoms with Crippen molar-refractivity contribution in [2.75, 3.05) is 0 Å². The lowest BCUT2D eigenvalue weighted by atomic mass is 10.3. The summed E-state index contributed by atoms with van der Waals surface area (Å²) >= 11 is 0. The van der Waals surface area contributed by atoms with E-state index in [1.54, 1.807) is 6.92 Å². The fourth-order valence-electron chi connectivity index (χ4n) is 0. The van der Waals surface area contributed by atoms with Gasteiger partial charge in [0.15, 0.2) is 0 Å². The summed E-state index contributed by atoms with van der Waals surface area (Å²) in [7, 11) is 0. The molecule has 5 heavy (non-hydrogen) atoms. The van der Waals surface area contributed by atoms with Crippen LogP contribution in [0.3, 0.4) is 0 Å². The second kappa shape index (κ2) is 1.94. The summed E-state index contributed by atoms with van der Waals surface area (Å²) in [5, 5.41) is 0. The van der Waals surface area contributed by atoms with Gasteiger partial charge in [-0.3, -0.25) is 0 Å². The summed E-state index contributed by atoms with van der Waals surface area (Å²) in [5.74, 6) is -0.0463. The number of carbonyl (C=O) groups excluding carboxylic acids is 1. The number of rotatable bonds is 1. The van der Waals surface area contributed by atoms with E-state index in [0.717, 1.165) is 6.29 Å². The number of hydrogen-bond acceptors (Lipinski definition) is 1. The molecule has 0 aromatic carbocycles. The Morgan fingerprint density at radius 2 is 2.20 bits per heavy atom. The number of hydrogen-bond donors (Lipinski definition) is 0. The molecule has 0 aromatic rings. The van der Waals surface area contributed by atoms with Crippen LogP contribution in [-0.2, 0) is 4.79 Å². The maximum Gasteiger partial charge on any atom is 0.122 e. The molecule has 0 bridgehead atoms. The molecule has 1 radical (unpaired) electrons. The van der Waals surface area contributed by atoms with E-state index in [1.165, 1.54) is 0 Å². The summed E-state index contributed by atoms with van der Waals surface area (Å²) in [6.07, 6.45) is 0.806. The summed E-state index contributed by atoms with van der Waals surface area (Å²) in [5.41, 5.74) is 0. The van der Waals surface area contributed by atoms with E-state index in [9.17, 15) is 4.79 Å². The van der Waals surface area contributed by atoms with Crippen LogP contribution in [0.2, 0.25) is 0 Å². The van der Waals surface area contributed by atoms with Crippen molar-refractivity contribution in [3.63, 3.8) is 0 Å². The van der Waals surface area contributed by atoms with E-state index in [1.807, 2.05) is 0 Å². The maximum atomic E-state index is 9.44. The SMILES string of the molecule is [CH2][C@H](C)C=O. The average molecular weight is 71.1 g/mol. The molecule has 29 valence electrons. The zero-order chi connectivity index (χ0) is 4.28. The summed E-state index contributed by atoms with van der Waals surface area (Å²) in [4.78, 5) is 9.44. The molecule has 0 amide bonds. The van der Waals surface area contributed by atoms with E-state index in [0.29, 0.717) is 0 Å². The highest BCUT2D eigenvalue weighted by atomic mass is 16.1. The van der Waals surface area contributed by atoms with Gasteiger partial charge in [0.25, 0.3) is 0 Å². The van der Waals surface area contributed by atoms with Crippen LogP contribution >= 0.6 is 0 Å². The molecule has 0 saturated heterocycles. The van der Waals surface area contributed by atoms with E-state index in [2.05, 4.69) is 6.92 Å². The van der Waals surface area contributed by atoms with Crippen LogP contribution < -0.4 is 0 Å². The molecule has 0 N–H and O–H groups in total. The van der Waals surface area contributed by atoms with Gasteiger partial charge in [0, 0.05) is 5.92 Å². The van der Waals surface area contributed by atoms with Gasteiger partial charge in [-0.15, -0.1) is 0 Å². The van der Waals surface area contributed by atoms with Crippen molar-refractivity contribution >= 4 is 6.29 Å². The van der Waals surface area contributed by atoms with Crippen LogP contribution in [0.15, 0.2) is 0 Å². The van der Waals surface area contributed by atoms with Gasteiger partial charge in [-0.25, -0.2) is 0 Å². The first kappa shape index (κ1) is 4.67. The highest BCUT2D eigenvalue weighted by Gasteiger charge is 1.80. The Kier molecular flexibility index (Phi) is 1.81. The van der Waals surface area contributed by atoms with Crippen LogP contribution in [0.4, 0.5) is 0 Å². The standard InChI is InChI=1S/C4H7O/c1-4(2)3-5/h3-4H,1H2,2H3/t4-/m1/s1. The molecular formula is C4H7O. The molecule has 0 fully saturated rings. The van der Waals surface area contributed by atoms with E-state index >= 15 is 0 Å². The zero-order valence-electron chi connectivity index (χ0n) is 3.27. The van der Waals surface area contributed by atoms with Crippen LogP contribution in [0.25, 0.3) is 0 Å². The lowest BCUT2D eigenvalue weighted by molar-refractivity contribution is -0.109. The van der Waals surface area contributed by atoms with Crippen molar-refractivity contribution in [3.05, 3.63) is 6.92 Å². The molecular weight excluding hydrogens is 64.0 g/mol. The third-order valence-electron chi connectivity index (χ3n) is 0.232. The first-order chi connectivity index (χ1) is 2.27. The van der Waals surface area contributed by atoms with Gasteiger partial charge in [0.1, 0.15) is 6.29 Å². The predicted molar refractivity (Wildman–Crippen MR) is 20.6 cm³/mol. The van der Waals surface area contributed by atoms with E-state index < -0.39 is 0 Å². The lowest BCUT2D eigenvalue weighted by Gasteiger charge is -1.78. The molecule has 0 saturated carbocycles. The molecule has 0 aliphatic carbocycles. The van der Waals surface area contributed by atoms with Gasteiger partial charge in [0.2, 0.25) is 0 Å². The minimum absolute atomic E-state index is 0.0463. The topological polar surface area (TPSA) is 17.1 Å². The summed E-state index contributed by atoms with van der Waals surface area (Å²) in [6.45, 7) is 5.13. The van der Waals surface area contributed by atoms with Crippen LogP contribution in [0, 0.1) is 12.8 Å². The average Bonchev–Trinajstić information content (AvgIpc) is 1.38. The molecule has 0 aliphatic heterocycles. The van der Waals surface area contributed by atoms with Crippen LogP contribution in [0.5, 0.6) is 0 Å². The minimum Gasteiger partial charge on any atom is -0.303 e. The zero-order valence-corrected chi connectivity index (χ0v) is 3.27. The normalized spacial score (nSPS) is 8.60. The third kappa shape index (κ3) is 3.67. The van der Waals surface area contributed by atoms with Crippen molar-refractivity contribution in [3.8, 4) is 0 Å². The van der Waals surface area contributed by atoms with E-state index in [-0.39, 0.29) is 5.92 Å². The Morgan fingerprint density at radius 3 is 2.20 bits per heavy atom. The first-order valence-corrected chi connectivity index (χ1v) is 1.55.